The van der Waals surface area contributed by atoms with E-state index in [9.17, 15) is 9.59 Å². The summed E-state index contributed by atoms with van der Waals surface area (Å²) in [6.07, 6.45) is 5.26. The first kappa shape index (κ1) is 16.1. The largest absolute Gasteiger partial charge is 0.357 e. The van der Waals surface area contributed by atoms with Crippen molar-refractivity contribution in [1.29, 1.82) is 0 Å². The molecule has 3 rings (SSSR count). The van der Waals surface area contributed by atoms with E-state index in [0.29, 0.717) is 5.69 Å². The number of rotatable bonds is 2. The summed E-state index contributed by atoms with van der Waals surface area (Å²) in [5, 5.41) is 2.69. The number of carbonyl (C=O) groups is 2. The number of amides is 2. The SMILES string of the molecule is Cc1cc(C)cc(N2C(=O)/C(=C\c3ccn(C)c3)C(=O)NC2=S)c1. The molecule has 2 amide bonds. The van der Waals surface area contributed by atoms with Crippen LogP contribution in [0.1, 0.15) is 16.7 Å². The number of aryl methyl sites for hydroxylation is 3. The minimum absolute atomic E-state index is 0.0639. The second-order valence-electron chi connectivity index (χ2n) is 5.91. The molecule has 0 spiro atoms. The summed E-state index contributed by atoms with van der Waals surface area (Å²) >= 11 is 5.21. The summed E-state index contributed by atoms with van der Waals surface area (Å²) in [6, 6.07) is 7.59. The summed E-state index contributed by atoms with van der Waals surface area (Å²) in [6.45, 7) is 3.90. The van der Waals surface area contributed by atoms with E-state index in [2.05, 4.69) is 5.32 Å². The number of hydrogen-bond acceptors (Lipinski definition) is 3. The van der Waals surface area contributed by atoms with Crippen LogP contribution in [0.4, 0.5) is 5.69 Å². The van der Waals surface area contributed by atoms with Gasteiger partial charge in [-0.05, 0) is 67.0 Å². The molecule has 1 aromatic heterocycles. The Morgan fingerprint density at radius 3 is 2.38 bits per heavy atom. The fraction of sp³-hybridized carbons (Fsp3) is 0.167. The lowest BCUT2D eigenvalue weighted by molar-refractivity contribution is -0.122. The number of nitrogens with one attached hydrogen (secondary N) is 1. The molecule has 0 saturated carbocycles. The molecule has 122 valence electrons. The fourth-order valence-corrected chi connectivity index (χ4v) is 3.03. The Hall–Kier alpha value is -2.73. The van der Waals surface area contributed by atoms with Gasteiger partial charge in [-0.1, -0.05) is 6.07 Å². The summed E-state index contributed by atoms with van der Waals surface area (Å²) in [4.78, 5) is 26.5. The highest BCUT2D eigenvalue weighted by atomic mass is 32.1. The average Bonchev–Trinajstić information content (AvgIpc) is 2.87. The number of benzene rings is 1. The van der Waals surface area contributed by atoms with Gasteiger partial charge in [0.05, 0.1) is 5.69 Å². The van der Waals surface area contributed by atoms with Crippen molar-refractivity contribution in [3.63, 3.8) is 0 Å². The Kier molecular flexibility index (Phi) is 4.07. The van der Waals surface area contributed by atoms with Crippen LogP contribution >= 0.6 is 12.2 Å². The van der Waals surface area contributed by atoms with Gasteiger partial charge in [0.25, 0.3) is 11.8 Å². The molecular formula is C18H17N3O2S. The van der Waals surface area contributed by atoms with Gasteiger partial charge in [-0.15, -0.1) is 0 Å². The maximum absolute atomic E-state index is 12.9. The van der Waals surface area contributed by atoms with Crippen LogP contribution in [-0.2, 0) is 16.6 Å². The van der Waals surface area contributed by atoms with Crippen molar-refractivity contribution >= 4 is 40.9 Å². The van der Waals surface area contributed by atoms with Gasteiger partial charge in [0, 0.05) is 19.4 Å². The smallest absolute Gasteiger partial charge is 0.270 e. The topological polar surface area (TPSA) is 54.3 Å². The molecule has 1 N–H and O–H groups in total. The van der Waals surface area contributed by atoms with Gasteiger partial charge >= 0.3 is 0 Å². The molecule has 1 aliphatic rings. The Balaban J connectivity index is 2.04. The summed E-state index contributed by atoms with van der Waals surface area (Å²) in [5.41, 5.74) is 3.54. The Morgan fingerprint density at radius 2 is 1.79 bits per heavy atom. The van der Waals surface area contributed by atoms with Gasteiger partial charge in [-0.2, -0.15) is 0 Å². The number of thiocarbonyl (C=S) groups is 1. The second kappa shape index (κ2) is 6.05. The lowest BCUT2D eigenvalue weighted by atomic mass is 10.1. The molecule has 0 radical (unpaired) electrons. The highest BCUT2D eigenvalue weighted by Crippen LogP contribution is 2.24. The van der Waals surface area contributed by atoms with E-state index >= 15 is 0 Å². The molecule has 5 nitrogen and oxygen atoms in total. The molecule has 2 heterocycles. The van der Waals surface area contributed by atoms with E-state index in [-0.39, 0.29) is 10.7 Å². The van der Waals surface area contributed by atoms with Crippen LogP contribution in [0.25, 0.3) is 6.08 Å². The van der Waals surface area contributed by atoms with E-state index in [1.165, 1.54) is 4.90 Å². The van der Waals surface area contributed by atoms with Gasteiger partial charge in [0.15, 0.2) is 5.11 Å². The highest BCUT2D eigenvalue weighted by Gasteiger charge is 2.34. The maximum Gasteiger partial charge on any atom is 0.270 e. The van der Waals surface area contributed by atoms with Gasteiger partial charge in [0.1, 0.15) is 5.57 Å². The lowest BCUT2D eigenvalue weighted by Gasteiger charge is -2.29. The third kappa shape index (κ3) is 3.00. The molecular weight excluding hydrogens is 322 g/mol. The standard InChI is InChI=1S/C18H17N3O2S/c1-11-6-12(2)8-14(7-11)21-17(23)15(16(22)19-18(21)24)9-13-4-5-20(3)10-13/h4-10H,1-3H3,(H,19,22,24)/b15-9-. The minimum atomic E-state index is -0.477. The lowest BCUT2D eigenvalue weighted by Crippen LogP contribution is -2.54. The van der Waals surface area contributed by atoms with Gasteiger partial charge < -0.3 is 4.57 Å². The van der Waals surface area contributed by atoms with E-state index in [0.717, 1.165) is 16.7 Å². The predicted molar refractivity (Wildman–Crippen MR) is 97.5 cm³/mol. The zero-order chi connectivity index (χ0) is 17.4. The number of nitrogens with zero attached hydrogens (tertiary/aromatic N) is 2. The van der Waals surface area contributed by atoms with Crippen molar-refractivity contribution in [2.24, 2.45) is 7.05 Å². The van der Waals surface area contributed by atoms with Gasteiger partial charge in [-0.25, -0.2) is 0 Å². The van der Waals surface area contributed by atoms with Crippen molar-refractivity contribution in [3.05, 3.63) is 58.9 Å². The number of carbonyl (C=O) groups excluding carboxylic acids is 2. The normalized spacial score (nSPS) is 16.7. The predicted octanol–water partition coefficient (Wildman–Crippen LogP) is 2.47. The summed E-state index contributed by atoms with van der Waals surface area (Å²) < 4.78 is 1.85. The molecule has 0 unspecified atom stereocenters. The van der Waals surface area contributed by atoms with Crippen molar-refractivity contribution in [1.82, 2.24) is 9.88 Å². The Morgan fingerprint density at radius 1 is 1.12 bits per heavy atom. The molecule has 1 aromatic carbocycles. The summed E-state index contributed by atoms with van der Waals surface area (Å²) in [5.74, 6) is -0.896. The number of aromatic nitrogens is 1. The third-order valence-corrected chi connectivity index (χ3v) is 4.02. The van der Waals surface area contributed by atoms with Crippen LogP contribution in [0.5, 0.6) is 0 Å². The zero-order valence-electron chi connectivity index (χ0n) is 13.7. The minimum Gasteiger partial charge on any atom is -0.357 e. The molecule has 0 bridgehead atoms. The van der Waals surface area contributed by atoms with Crippen LogP contribution in [0, 0.1) is 13.8 Å². The van der Waals surface area contributed by atoms with Crippen LogP contribution < -0.4 is 10.2 Å². The van der Waals surface area contributed by atoms with E-state index in [4.69, 9.17) is 12.2 Å². The number of hydrogen-bond donors (Lipinski definition) is 1. The molecule has 1 fully saturated rings. The maximum atomic E-state index is 12.9. The monoisotopic (exact) mass is 339 g/mol. The Labute approximate surface area is 145 Å². The first-order valence-electron chi connectivity index (χ1n) is 7.47. The molecule has 1 aliphatic heterocycles. The molecule has 24 heavy (non-hydrogen) atoms. The van der Waals surface area contributed by atoms with Crippen LogP contribution in [0.3, 0.4) is 0 Å². The molecule has 0 atom stereocenters. The van der Waals surface area contributed by atoms with Gasteiger partial charge in [-0.3, -0.25) is 19.8 Å². The molecule has 0 aliphatic carbocycles. The third-order valence-electron chi connectivity index (χ3n) is 3.73. The fourth-order valence-electron chi connectivity index (χ4n) is 2.75. The van der Waals surface area contributed by atoms with E-state index in [1.54, 1.807) is 6.08 Å². The highest BCUT2D eigenvalue weighted by molar-refractivity contribution is 7.80. The van der Waals surface area contributed by atoms with E-state index in [1.807, 2.05) is 62.1 Å². The van der Waals surface area contributed by atoms with Crippen LogP contribution in [0.2, 0.25) is 0 Å². The van der Waals surface area contributed by atoms with Crippen molar-refractivity contribution in [2.45, 2.75) is 13.8 Å². The molecule has 6 heteroatoms. The molecule has 2 aromatic rings. The first-order valence-corrected chi connectivity index (χ1v) is 7.88. The van der Waals surface area contributed by atoms with Crippen molar-refractivity contribution in [3.8, 4) is 0 Å². The van der Waals surface area contributed by atoms with Gasteiger partial charge in [0.2, 0.25) is 0 Å². The quantitative estimate of drug-likeness (QED) is 0.519. The van der Waals surface area contributed by atoms with Crippen molar-refractivity contribution < 1.29 is 9.59 Å². The zero-order valence-corrected chi connectivity index (χ0v) is 14.5. The van der Waals surface area contributed by atoms with E-state index < -0.39 is 11.8 Å². The van der Waals surface area contributed by atoms with Crippen LogP contribution in [0.15, 0.2) is 42.2 Å². The first-order chi connectivity index (χ1) is 11.3. The van der Waals surface area contributed by atoms with Crippen molar-refractivity contribution in [2.75, 3.05) is 4.90 Å². The average molecular weight is 339 g/mol. The molecule has 1 saturated heterocycles. The number of anilines is 1. The second-order valence-corrected chi connectivity index (χ2v) is 6.30. The van der Waals surface area contributed by atoms with Crippen LogP contribution in [-0.4, -0.2) is 21.5 Å². The summed E-state index contributed by atoms with van der Waals surface area (Å²) in [7, 11) is 1.88. The Bertz CT molecular complexity index is 875.